The van der Waals surface area contributed by atoms with E-state index < -0.39 is 24.0 Å². The van der Waals surface area contributed by atoms with Gasteiger partial charge in [0, 0.05) is 10.9 Å². The van der Waals surface area contributed by atoms with Crippen molar-refractivity contribution in [3.63, 3.8) is 0 Å². The van der Waals surface area contributed by atoms with Gasteiger partial charge in [0.05, 0.1) is 23.2 Å². The van der Waals surface area contributed by atoms with Crippen molar-refractivity contribution in [1.82, 2.24) is 15.3 Å². The summed E-state index contributed by atoms with van der Waals surface area (Å²) in [6.07, 6.45) is 0. The van der Waals surface area contributed by atoms with E-state index in [1.165, 1.54) is 6.92 Å². The number of rotatable bonds is 5. The Bertz CT molecular complexity index is 1220. The van der Waals surface area contributed by atoms with Crippen LogP contribution in [0, 0.1) is 6.92 Å². The second-order valence-corrected chi connectivity index (χ2v) is 7.16. The molecule has 0 aliphatic heterocycles. The minimum absolute atomic E-state index is 0.277. The van der Waals surface area contributed by atoms with Crippen LogP contribution in [-0.4, -0.2) is 39.0 Å². The number of aryl methyl sites for hydroxylation is 1. The summed E-state index contributed by atoms with van der Waals surface area (Å²) in [6.45, 7) is 2.41. The van der Waals surface area contributed by atoms with E-state index in [1.54, 1.807) is 19.1 Å². The van der Waals surface area contributed by atoms with Gasteiger partial charge in [0.15, 0.2) is 0 Å². The summed E-state index contributed by atoms with van der Waals surface area (Å²) in [5.41, 5.74) is 7.07. The molecule has 0 radical (unpaired) electrons. The van der Waals surface area contributed by atoms with Crippen LogP contribution in [0.5, 0.6) is 0 Å². The Morgan fingerprint density at radius 1 is 1.28 bits per heavy atom. The highest BCUT2D eigenvalue weighted by molar-refractivity contribution is 6.09. The van der Waals surface area contributed by atoms with Crippen LogP contribution >= 0.6 is 0 Å². The lowest BCUT2D eigenvalue weighted by Crippen LogP contribution is -2.57. The van der Waals surface area contributed by atoms with Crippen LogP contribution in [0.2, 0.25) is 0 Å². The molecule has 8 heteroatoms. The van der Waals surface area contributed by atoms with E-state index in [-0.39, 0.29) is 5.56 Å². The molecule has 5 N–H and O–H groups in total. The predicted octanol–water partition coefficient (Wildman–Crippen LogP) is 2.25. The molecule has 0 bridgehead atoms. The fraction of sp³-hybridized carbons (Fsp3) is 0.190. The molecule has 2 heterocycles. The van der Waals surface area contributed by atoms with E-state index >= 15 is 0 Å². The quantitative estimate of drug-likeness (QED) is 0.413. The van der Waals surface area contributed by atoms with Gasteiger partial charge in [0.1, 0.15) is 22.7 Å². The van der Waals surface area contributed by atoms with Crippen molar-refractivity contribution < 1.29 is 19.1 Å². The van der Waals surface area contributed by atoms with Crippen LogP contribution in [0.1, 0.15) is 23.0 Å². The lowest BCUT2D eigenvalue weighted by molar-refractivity contribution is -0.124. The SMILES string of the molecule is Cc1oc2ccc(-c3nc4ccccc4[nH]3)cc2c1C(=O)N[C@@](C)(CO)C(N)=O. The summed E-state index contributed by atoms with van der Waals surface area (Å²) < 4.78 is 5.71. The van der Waals surface area contributed by atoms with Crippen LogP contribution in [0.3, 0.4) is 0 Å². The van der Waals surface area contributed by atoms with Gasteiger partial charge in [-0.25, -0.2) is 4.98 Å². The maximum Gasteiger partial charge on any atom is 0.256 e. The van der Waals surface area contributed by atoms with Gasteiger partial charge in [0.2, 0.25) is 5.91 Å². The Morgan fingerprint density at radius 3 is 2.72 bits per heavy atom. The van der Waals surface area contributed by atoms with Crippen molar-refractivity contribution >= 4 is 33.8 Å². The first-order valence-corrected chi connectivity index (χ1v) is 9.04. The minimum atomic E-state index is -1.58. The first kappa shape index (κ1) is 18.7. The number of hydrogen-bond donors (Lipinski definition) is 4. The molecule has 2 aromatic heterocycles. The molecule has 0 aliphatic rings. The standard InChI is InChI=1S/C21H20N4O4/c1-11-17(19(27)25-21(2,10-26)20(22)28)13-9-12(7-8-16(13)29-11)18-23-14-5-3-4-6-15(14)24-18/h3-9,26H,10H2,1-2H3,(H2,22,28)(H,23,24)(H,25,27)/t21-/m0/s1. The second kappa shape index (κ2) is 6.75. The number of fused-ring (bicyclic) bond motifs is 2. The fourth-order valence-corrected chi connectivity index (χ4v) is 3.23. The number of carbonyl (C=O) groups excluding carboxylic acids is 2. The van der Waals surface area contributed by atoms with Gasteiger partial charge >= 0.3 is 0 Å². The summed E-state index contributed by atoms with van der Waals surface area (Å²) in [7, 11) is 0. The number of nitrogens with two attached hydrogens (primary N) is 1. The number of nitrogens with zero attached hydrogens (tertiary/aromatic N) is 1. The second-order valence-electron chi connectivity index (χ2n) is 7.16. The van der Waals surface area contributed by atoms with E-state index in [9.17, 15) is 14.7 Å². The maximum atomic E-state index is 12.9. The summed E-state index contributed by atoms with van der Waals surface area (Å²) in [6, 6.07) is 13.1. The number of aromatic amines is 1. The molecular formula is C21H20N4O4. The lowest BCUT2D eigenvalue weighted by atomic mass is 10.0. The van der Waals surface area contributed by atoms with Crippen LogP contribution in [0.4, 0.5) is 0 Å². The molecule has 0 saturated carbocycles. The number of imidazole rings is 1. The van der Waals surface area contributed by atoms with E-state index in [0.717, 1.165) is 16.6 Å². The van der Waals surface area contributed by atoms with Crippen LogP contribution in [0.15, 0.2) is 46.9 Å². The topological polar surface area (TPSA) is 134 Å². The van der Waals surface area contributed by atoms with E-state index in [4.69, 9.17) is 10.2 Å². The number of amides is 2. The Labute approximate surface area is 165 Å². The fourth-order valence-electron chi connectivity index (χ4n) is 3.23. The Hall–Kier alpha value is -3.65. The average Bonchev–Trinajstić information content (AvgIpc) is 3.27. The Morgan fingerprint density at radius 2 is 2.03 bits per heavy atom. The summed E-state index contributed by atoms with van der Waals surface area (Å²) in [5, 5.41) is 12.6. The number of primary amides is 1. The van der Waals surface area contributed by atoms with Gasteiger partial charge in [-0.3, -0.25) is 9.59 Å². The van der Waals surface area contributed by atoms with E-state index in [1.807, 2.05) is 30.3 Å². The molecule has 4 rings (SSSR count). The number of benzene rings is 2. The van der Waals surface area contributed by atoms with Gasteiger partial charge < -0.3 is 25.6 Å². The lowest BCUT2D eigenvalue weighted by Gasteiger charge is -2.24. The minimum Gasteiger partial charge on any atom is -0.461 e. The molecule has 148 valence electrons. The third-order valence-corrected chi connectivity index (χ3v) is 5.00. The number of aliphatic hydroxyl groups excluding tert-OH is 1. The number of furan rings is 1. The number of nitrogens with one attached hydrogen (secondary N) is 2. The normalized spacial score (nSPS) is 13.5. The zero-order valence-electron chi connectivity index (χ0n) is 15.9. The van der Waals surface area contributed by atoms with Gasteiger partial charge in [-0.1, -0.05) is 12.1 Å². The highest BCUT2D eigenvalue weighted by atomic mass is 16.3. The first-order chi connectivity index (χ1) is 13.8. The third kappa shape index (κ3) is 3.13. The van der Waals surface area contributed by atoms with Crippen molar-refractivity contribution in [2.45, 2.75) is 19.4 Å². The van der Waals surface area contributed by atoms with E-state index in [0.29, 0.717) is 22.6 Å². The van der Waals surface area contributed by atoms with Gasteiger partial charge in [-0.05, 0) is 44.2 Å². The van der Waals surface area contributed by atoms with Crippen molar-refractivity contribution in [2.75, 3.05) is 6.61 Å². The van der Waals surface area contributed by atoms with Gasteiger partial charge in [-0.2, -0.15) is 0 Å². The Kier molecular flexibility index (Phi) is 4.35. The molecule has 2 aromatic carbocycles. The van der Waals surface area contributed by atoms with Crippen LogP contribution < -0.4 is 11.1 Å². The highest BCUT2D eigenvalue weighted by Crippen LogP contribution is 2.30. The van der Waals surface area contributed by atoms with Crippen molar-refractivity contribution in [1.29, 1.82) is 0 Å². The number of aliphatic hydroxyl groups is 1. The van der Waals surface area contributed by atoms with Crippen molar-refractivity contribution in [3.8, 4) is 11.4 Å². The number of carbonyl (C=O) groups is 2. The molecular weight excluding hydrogens is 372 g/mol. The molecule has 4 aromatic rings. The smallest absolute Gasteiger partial charge is 0.256 e. The number of para-hydroxylation sites is 2. The molecule has 2 amide bonds. The monoisotopic (exact) mass is 392 g/mol. The molecule has 29 heavy (non-hydrogen) atoms. The molecule has 0 fully saturated rings. The largest absolute Gasteiger partial charge is 0.461 e. The van der Waals surface area contributed by atoms with Crippen LogP contribution in [-0.2, 0) is 4.79 Å². The van der Waals surface area contributed by atoms with E-state index in [2.05, 4.69) is 15.3 Å². The number of hydrogen-bond acceptors (Lipinski definition) is 5. The zero-order valence-corrected chi connectivity index (χ0v) is 15.9. The third-order valence-electron chi connectivity index (χ3n) is 5.00. The molecule has 0 aliphatic carbocycles. The molecule has 0 spiro atoms. The van der Waals surface area contributed by atoms with Gasteiger partial charge in [0.25, 0.3) is 5.91 Å². The number of aromatic nitrogens is 2. The van der Waals surface area contributed by atoms with Crippen molar-refractivity contribution in [2.24, 2.45) is 5.73 Å². The number of H-pyrrole nitrogens is 1. The average molecular weight is 392 g/mol. The molecule has 8 nitrogen and oxygen atoms in total. The predicted molar refractivity (Wildman–Crippen MR) is 108 cm³/mol. The summed E-state index contributed by atoms with van der Waals surface area (Å²) in [4.78, 5) is 32.4. The molecule has 1 atom stereocenters. The van der Waals surface area contributed by atoms with Crippen LogP contribution in [0.25, 0.3) is 33.4 Å². The zero-order chi connectivity index (χ0) is 20.8. The van der Waals surface area contributed by atoms with Gasteiger partial charge in [-0.15, -0.1) is 0 Å². The molecule has 0 saturated heterocycles. The highest BCUT2D eigenvalue weighted by Gasteiger charge is 2.34. The maximum absolute atomic E-state index is 12.9. The first-order valence-electron chi connectivity index (χ1n) is 9.04. The Balaban J connectivity index is 1.79. The summed E-state index contributed by atoms with van der Waals surface area (Å²) in [5.74, 6) is -0.334. The van der Waals surface area contributed by atoms with Crippen molar-refractivity contribution in [3.05, 3.63) is 53.8 Å². The summed E-state index contributed by atoms with van der Waals surface area (Å²) >= 11 is 0. The molecule has 0 unspecified atom stereocenters.